The fraction of sp³-hybridized carbons (Fsp3) is 0.550. The van der Waals surface area contributed by atoms with Gasteiger partial charge in [-0.15, -0.1) is 0 Å². The van der Waals surface area contributed by atoms with Crippen LogP contribution in [-0.4, -0.2) is 54.3 Å². The molecule has 1 rings (SSSR count). The van der Waals surface area contributed by atoms with Crippen LogP contribution in [0, 0.1) is 0 Å². The van der Waals surface area contributed by atoms with Crippen LogP contribution >= 0.6 is 0 Å². The molecule has 0 heterocycles. The zero-order chi connectivity index (χ0) is 19.7. The van der Waals surface area contributed by atoms with Crippen molar-refractivity contribution >= 4 is 17.7 Å². The second kappa shape index (κ2) is 10.7. The average molecular weight is 362 g/mol. The summed E-state index contributed by atoms with van der Waals surface area (Å²) in [5.41, 5.74) is 1.12. The molecule has 1 amide bonds. The van der Waals surface area contributed by atoms with Crippen LogP contribution in [0.5, 0.6) is 0 Å². The van der Waals surface area contributed by atoms with E-state index in [-0.39, 0.29) is 24.3 Å². The second-order valence-electron chi connectivity index (χ2n) is 6.45. The Labute approximate surface area is 155 Å². The number of aryl methyl sites for hydroxylation is 1. The Morgan fingerprint density at radius 3 is 2.31 bits per heavy atom. The molecule has 144 valence electrons. The van der Waals surface area contributed by atoms with E-state index in [2.05, 4.69) is 5.32 Å². The topological polar surface area (TPSA) is 75.7 Å². The number of likely N-dealkylation sites (N-methyl/N-ethyl adjacent to an activating group) is 1. The molecule has 0 bridgehead atoms. The molecular formula is C20H30N2O4. The quantitative estimate of drug-likeness (QED) is 0.644. The first kappa shape index (κ1) is 21.8. The highest BCUT2D eigenvalue weighted by molar-refractivity contribution is 5.89. The molecule has 0 aromatic heterocycles. The van der Waals surface area contributed by atoms with Gasteiger partial charge >= 0.3 is 5.97 Å². The molecule has 0 spiro atoms. The van der Waals surface area contributed by atoms with Gasteiger partial charge in [-0.1, -0.05) is 30.3 Å². The van der Waals surface area contributed by atoms with Gasteiger partial charge in [-0.3, -0.25) is 19.7 Å². The molecule has 0 aliphatic heterocycles. The standard InChI is InChI=1S/C20H30N2O4/c1-6-26-20(25)18(13-12-17-10-8-7-9-11-17)21-14(2)19(24)22(5)15(3)16(4)23/h7-11,14-15,18,21H,6,12-13H2,1-5H3. The van der Waals surface area contributed by atoms with E-state index < -0.39 is 18.1 Å². The summed E-state index contributed by atoms with van der Waals surface area (Å²) in [6, 6.07) is 8.15. The van der Waals surface area contributed by atoms with Crippen molar-refractivity contribution in [2.45, 2.75) is 58.7 Å². The molecule has 0 saturated heterocycles. The third kappa shape index (κ3) is 6.59. The van der Waals surface area contributed by atoms with E-state index in [1.54, 1.807) is 27.8 Å². The minimum atomic E-state index is -0.605. The van der Waals surface area contributed by atoms with Crippen molar-refractivity contribution in [3.05, 3.63) is 35.9 Å². The van der Waals surface area contributed by atoms with Gasteiger partial charge in [0, 0.05) is 7.05 Å². The zero-order valence-electron chi connectivity index (χ0n) is 16.3. The van der Waals surface area contributed by atoms with Gasteiger partial charge in [0.2, 0.25) is 5.91 Å². The highest BCUT2D eigenvalue weighted by atomic mass is 16.5. The number of nitrogens with one attached hydrogen (secondary N) is 1. The fourth-order valence-corrected chi connectivity index (χ4v) is 2.61. The monoisotopic (exact) mass is 362 g/mol. The van der Waals surface area contributed by atoms with Gasteiger partial charge in [0.25, 0.3) is 0 Å². The molecule has 0 fully saturated rings. The van der Waals surface area contributed by atoms with E-state index in [4.69, 9.17) is 4.74 Å². The maximum absolute atomic E-state index is 12.5. The molecule has 1 N–H and O–H groups in total. The van der Waals surface area contributed by atoms with E-state index in [1.165, 1.54) is 11.8 Å². The first-order valence-corrected chi connectivity index (χ1v) is 9.01. The summed E-state index contributed by atoms with van der Waals surface area (Å²) in [7, 11) is 1.59. The highest BCUT2D eigenvalue weighted by Crippen LogP contribution is 2.09. The Morgan fingerprint density at radius 2 is 1.77 bits per heavy atom. The fourth-order valence-electron chi connectivity index (χ4n) is 2.61. The van der Waals surface area contributed by atoms with Crippen molar-refractivity contribution in [3.8, 4) is 0 Å². The van der Waals surface area contributed by atoms with Gasteiger partial charge < -0.3 is 9.64 Å². The number of nitrogens with zero attached hydrogens (tertiary/aromatic N) is 1. The summed E-state index contributed by atoms with van der Waals surface area (Å²) in [5.74, 6) is -0.689. The minimum Gasteiger partial charge on any atom is -0.465 e. The molecule has 1 aromatic carbocycles. The predicted octanol–water partition coefficient (Wildman–Crippen LogP) is 1.96. The van der Waals surface area contributed by atoms with Crippen LogP contribution in [0.2, 0.25) is 0 Å². The first-order valence-electron chi connectivity index (χ1n) is 9.01. The number of benzene rings is 1. The summed E-state index contributed by atoms with van der Waals surface area (Å²) in [6.45, 7) is 6.87. The number of amides is 1. The number of esters is 1. The van der Waals surface area contributed by atoms with Gasteiger partial charge in [-0.05, 0) is 46.1 Å². The molecule has 0 saturated carbocycles. The van der Waals surface area contributed by atoms with Gasteiger partial charge in [0.05, 0.1) is 18.7 Å². The maximum Gasteiger partial charge on any atom is 0.323 e. The molecule has 0 aliphatic carbocycles. The van der Waals surface area contributed by atoms with Crippen molar-refractivity contribution < 1.29 is 19.1 Å². The normalized spacial score (nSPS) is 14.2. The van der Waals surface area contributed by atoms with Crippen LogP contribution < -0.4 is 5.32 Å². The van der Waals surface area contributed by atoms with Gasteiger partial charge in [-0.2, -0.15) is 0 Å². The third-order valence-electron chi connectivity index (χ3n) is 4.47. The number of rotatable bonds is 10. The lowest BCUT2D eigenvalue weighted by Gasteiger charge is -2.28. The highest BCUT2D eigenvalue weighted by Gasteiger charge is 2.28. The molecule has 3 unspecified atom stereocenters. The minimum absolute atomic E-state index is 0.0842. The number of Topliss-reactive ketones (excluding diaryl/α,β-unsaturated/α-hetero) is 1. The lowest BCUT2D eigenvalue weighted by atomic mass is 10.0. The molecule has 0 aliphatic rings. The zero-order valence-corrected chi connectivity index (χ0v) is 16.3. The molecule has 3 atom stereocenters. The van der Waals surface area contributed by atoms with Crippen molar-refractivity contribution in [1.82, 2.24) is 10.2 Å². The Kier molecular flexibility index (Phi) is 8.99. The van der Waals surface area contributed by atoms with Gasteiger partial charge in [-0.25, -0.2) is 0 Å². The van der Waals surface area contributed by atoms with E-state index >= 15 is 0 Å². The second-order valence-corrected chi connectivity index (χ2v) is 6.45. The summed E-state index contributed by atoms with van der Waals surface area (Å²) in [5, 5.41) is 3.07. The largest absolute Gasteiger partial charge is 0.465 e. The lowest BCUT2D eigenvalue weighted by molar-refractivity contribution is -0.147. The van der Waals surface area contributed by atoms with Crippen LogP contribution in [-0.2, 0) is 25.5 Å². The summed E-state index contributed by atoms with van der Waals surface area (Å²) in [4.78, 5) is 37.7. The Hall–Kier alpha value is -2.21. The van der Waals surface area contributed by atoms with E-state index in [0.717, 1.165) is 5.56 Å². The molecule has 6 nitrogen and oxygen atoms in total. The molecule has 6 heteroatoms. The Bertz CT molecular complexity index is 603. The molecule has 26 heavy (non-hydrogen) atoms. The number of ketones is 1. The molecular weight excluding hydrogens is 332 g/mol. The Morgan fingerprint density at radius 1 is 1.15 bits per heavy atom. The number of ether oxygens (including phenoxy) is 1. The summed E-state index contributed by atoms with van der Waals surface area (Å²) in [6.07, 6.45) is 1.21. The van der Waals surface area contributed by atoms with E-state index in [9.17, 15) is 14.4 Å². The number of carbonyl (C=O) groups is 3. The lowest BCUT2D eigenvalue weighted by Crippen LogP contribution is -2.53. The van der Waals surface area contributed by atoms with Crippen molar-refractivity contribution in [1.29, 1.82) is 0 Å². The summed E-state index contributed by atoms with van der Waals surface area (Å²) >= 11 is 0. The van der Waals surface area contributed by atoms with Gasteiger partial charge in [0.1, 0.15) is 6.04 Å². The van der Waals surface area contributed by atoms with Crippen LogP contribution in [0.1, 0.15) is 39.7 Å². The predicted molar refractivity (Wildman–Crippen MR) is 101 cm³/mol. The average Bonchev–Trinajstić information content (AvgIpc) is 2.63. The van der Waals surface area contributed by atoms with Crippen LogP contribution in [0.4, 0.5) is 0 Å². The van der Waals surface area contributed by atoms with Crippen LogP contribution in [0.25, 0.3) is 0 Å². The van der Waals surface area contributed by atoms with E-state index in [0.29, 0.717) is 12.8 Å². The number of hydrogen-bond donors (Lipinski definition) is 1. The smallest absolute Gasteiger partial charge is 0.323 e. The van der Waals surface area contributed by atoms with Crippen LogP contribution in [0.15, 0.2) is 30.3 Å². The SMILES string of the molecule is CCOC(=O)C(CCc1ccccc1)NC(C)C(=O)N(C)C(C)C(C)=O. The van der Waals surface area contributed by atoms with Crippen molar-refractivity contribution in [2.24, 2.45) is 0 Å². The van der Waals surface area contributed by atoms with Crippen molar-refractivity contribution in [3.63, 3.8) is 0 Å². The maximum atomic E-state index is 12.5. The van der Waals surface area contributed by atoms with E-state index in [1.807, 2.05) is 30.3 Å². The van der Waals surface area contributed by atoms with Crippen LogP contribution in [0.3, 0.4) is 0 Å². The third-order valence-corrected chi connectivity index (χ3v) is 4.47. The molecule has 1 aromatic rings. The number of carbonyl (C=O) groups excluding carboxylic acids is 3. The van der Waals surface area contributed by atoms with Crippen molar-refractivity contribution in [2.75, 3.05) is 13.7 Å². The van der Waals surface area contributed by atoms with Gasteiger partial charge in [0.15, 0.2) is 5.78 Å². The molecule has 0 radical (unpaired) electrons. The first-order chi connectivity index (χ1) is 12.3. The Balaban J connectivity index is 2.75. The number of hydrogen-bond acceptors (Lipinski definition) is 5. The summed E-state index contributed by atoms with van der Waals surface area (Å²) < 4.78 is 5.14.